The van der Waals surface area contributed by atoms with Crippen LogP contribution in [0.15, 0.2) is 30.3 Å². The quantitative estimate of drug-likeness (QED) is 0.613. The second-order valence-electron chi connectivity index (χ2n) is 2.93. The standard InChI is InChI=1S/C9H12O.Na.H/c1-9(2,10)8-6-4-3-5-7-8;;/h3-7,10H,1-2H3;;. The van der Waals surface area contributed by atoms with Crippen molar-refractivity contribution in [3.05, 3.63) is 35.9 Å². The van der Waals surface area contributed by atoms with Crippen LogP contribution in [0.25, 0.3) is 0 Å². The van der Waals surface area contributed by atoms with Gasteiger partial charge in [-0.15, -0.1) is 0 Å². The van der Waals surface area contributed by atoms with E-state index < -0.39 is 5.60 Å². The molecule has 1 N–H and O–H groups in total. The molecule has 2 heteroatoms. The van der Waals surface area contributed by atoms with Crippen molar-refractivity contribution in [3.8, 4) is 0 Å². The molecule has 0 spiro atoms. The second-order valence-corrected chi connectivity index (χ2v) is 2.93. The number of benzene rings is 1. The first-order chi connectivity index (χ1) is 4.61. The molecular weight excluding hydrogens is 147 g/mol. The summed E-state index contributed by atoms with van der Waals surface area (Å²) >= 11 is 0. The van der Waals surface area contributed by atoms with Gasteiger partial charge in [-0.25, -0.2) is 0 Å². The Kier molecular flexibility index (Phi) is 4.34. The summed E-state index contributed by atoms with van der Waals surface area (Å²) in [5.74, 6) is 0. The topological polar surface area (TPSA) is 20.2 Å². The van der Waals surface area contributed by atoms with Crippen LogP contribution in [0, 0.1) is 0 Å². The van der Waals surface area contributed by atoms with Gasteiger partial charge in [0, 0.05) is 0 Å². The van der Waals surface area contributed by atoms with E-state index in [-0.39, 0.29) is 29.6 Å². The van der Waals surface area contributed by atoms with Gasteiger partial charge in [-0.3, -0.25) is 0 Å². The Morgan fingerprint density at radius 3 is 1.82 bits per heavy atom. The van der Waals surface area contributed by atoms with E-state index >= 15 is 0 Å². The molecule has 0 atom stereocenters. The molecule has 0 heterocycles. The van der Waals surface area contributed by atoms with Crippen molar-refractivity contribution in [2.45, 2.75) is 19.4 Å². The predicted molar refractivity (Wildman–Crippen MR) is 48.8 cm³/mol. The summed E-state index contributed by atoms with van der Waals surface area (Å²) in [6.07, 6.45) is 0. The summed E-state index contributed by atoms with van der Waals surface area (Å²) in [4.78, 5) is 0. The molecule has 0 aromatic heterocycles. The molecule has 1 rings (SSSR count). The molecule has 1 aromatic carbocycles. The summed E-state index contributed by atoms with van der Waals surface area (Å²) in [6.45, 7) is 3.56. The first-order valence-electron chi connectivity index (χ1n) is 3.38. The van der Waals surface area contributed by atoms with E-state index in [1.807, 2.05) is 30.3 Å². The summed E-state index contributed by atoms with van der Waals surface area (Å²) < 4.78 is 0. The molecule has 0 radical (unpaired) electrons. The minimum atomic E-state index is -0.707. The van der Waals surface area contributed by atoms with Crippen LogP contribution in [0.1, 0.15) is 19.4 Å². The molecule has 0 aliphatic rings. The number of aliphatic hydroxyl groups is 1. The van der Waals surface area contributed by atoms with E-state index in [0.29, 0.717) is 0 Å². The van der Waals surface area contributed by atoms with E-state index in [0.717, 1.165) is 5.56 Å². The van der Waals surface area contributed by atoms with E-state index in [1.54, 1.807) is 13.8 Å². The van der Waals surface area contributed by atoms with Crippen molar-refractivity contribution in [1.82, 2.24) is 0 Å². The summed E-state index contributed by atoms with van der Waals surface area (Å²) in [6, 6.07) is 9.62. The molecule has 0 unspecified atom stereocenters. The van der Waals surface area contributed by atoms with Crippen LogP contribution >= 0.6 is 0 Å². The molecule has 1 aromatic rings. The fraction of sp³-hybridized carbons (Fsp3) is 0.333. The zero-order valence-corrected chi connectivity index (χ0v) is 6.33. The van der Waals surface area contributed by atoms with E-state index in [4.69, 9.17) is 0 Å². The van der Waals surface area contributed by atoms with Crippen molar-refractivity contribution < 1.29 is 5.11 Å². The van der Waals surface area contributed by atoms with Crippen molar-refractivity contribution >= 4 is 29.6 Å². The van der Waals surface area contributed by atoms with Crippen LogP contribution in [-0.2, 0) is 5.60 Å². The predicted octanol–water partition coefficient (Wildman–Crippen LogP) is 1.27. The van der Waals surface area contributed by atoms with Gasteiger partial charge in [-0.2, -0.15) is 0 Å². The third kappa shape index (κ3) is 3.39. The molecule has 56 valence electrons. The van der Waals surface area contributed by atoms with Crippen molar-refractivity contribution in [2.24, 2.45) is 0 Å². The molecule has 0 saturated carbocycles. The Bertz CT molecular complexity index is 201. The Hall–Kier alpha value is 0.180. The Morgan fingerprint density at radius 2 is 1.55 bits per heavy atom. The molecule has 0 bridgehead atoms. The zero-order valence-electron chi connectivity index (χ0n) is 6.33. The summed E-state index contributed by atoms with van der Waals surface area (Å²) in [5.41, 5.74) is 0.247. The van der Waals surface area contributed by atoms with E-state index in [2.05, 4.69) is 0 Å². The van der Waals surface area contributed by atoms with Crippen LogP contribution in [0.5, 0.6) is 0 Å². The number of hydrogen-bond donors (Lipinski definition) is 1. The maximum absolute atomic E-state index is 9.49. The first kappa shape index (κ1) is 11.2. The average Bonchev–Trinajstić information content (AvgIpc) is 1.88. The SMILES string of the molecule is CC(C)(O)c1ccccc1.[NaH]. The molecule has 1 nitrogen and oxygen atoms in total. The van der Waals surface area contributed by atoms with Crippen LogP contribution in [0.4, 0.5) is 0 Å². The monoisotopic (exact) mass is 160 g/mol. The van der Waals surface area contributed by atoms with Gasteiger partial charge in [-0.05, 0) is 19.4 Å². The van der Waals surface area contributed by atoms with Gasteiger partial charge < -0.3 is 5.11 Å². The van der Waals surface area contributed by atoms with Gasteiger partial charge in [0.15, 0.2) is 0 Å². The van der Waals surface area contributed by atoms with E-state index in [1.165, 1.54) is 0 Å². The maximum atomic E-state index is 9.49. The Labute approximate surface area is 89.7 Å². The average molecular weight is 160 g/mol. The zero-order chi connectivity index (χ0) is 7.61. The molecule has 0 saturated heterocycles. The summed E-state index contributed by atoms with van der Waals surface area (Å²) in [7, 11) is 0. The van der Waals surface area contributed by atoms with Gasteiger partial charge in [0.1, 0.15) is 0 Å². The first-order valence-corrected chi connectivity index (χ1v) is 3.38. The molecule has 0 aliphatic carbocycles. The van der Waals surface area contributed by atoms with Crippen molar-refractivity contribution in [2.75, 3.05) is 0 Å². The van der Waals surface area contributed by atoms with Gasteiger partial charge in [0.2, 0.25) is 0 Å². The molecule has 0 fully saturated rings. The van der Waals surface area contributed by atoms with Gasteiger partial charge in [0.25, 0.3) is 0 Å². The second kappa shape index (κ2) is 4.27. The molecule has 0 amide bonds. The fourth-order valence-corrected chi connectivity index (χ4v) is 0.846. The van der Waals surface area contributed by atoms with Gasteiger partial charge >= 0.3 is 29.6 Å². The fourth-order valence-electron chi connectivity index (χ4n) is 0.846. The van der Waals surface area contributed by atoms with Crippen LogP contribution < -0.4 is 0 Å². The van der Waals surface area contributed by atoms with Crippen LogP contribution in [-0.4, -0.2) is 34.7 Å². The van der Waals surface area contributed by atoms with E-state index in [9.17, 15) is 5.11 Å². The third-order valence-corrected chi connectivity index (χ3v) is 1.48. The third-order valence-electron chi connectivity index (χ3n) is 1.48. The normalized spacial score (nSPS) is 10.5. The van der Waals surface area contributed by atoms with Gasteiger partial charge in [-0.1, -0.05) is 30.3 Å². The van der Waals surface area contributed by atoms with Gasteiger partial charge in [0.05, 0.1) is 5.60 Å². The number of rotatable bonds is 1. The summed E-state index contributed by atoms with van der Waals surface area (Å²) in [5, 5.41) is 9.49. The van der Waals surface area contributed by atoms with Crippen LogP contribution in [0.3, 0.4) is 0 Å². The molecule has 11 heavy (non-hydrogen) atoms. The molecule has 0 aliphatic heterocycles. The van der Waals surface area contributed by atoms with Crippen LogP contribution in [0.2, 0.25) is 0 Å². The van der Waals surface area contributed by atoms with Crippen molar-refractivity contribution in [1.29, 1.82) is 0 Å². The Morgan fingerprint density at radius 1 is 1.09 bits per heavy atom. The Balaban J connectivity index is 0.000001000. The minimum absolute atomic E-state index is 0. The number of hydrogen-bond acceptors (Lipinski definition) is 1. The molecular formula is C9H13NaO. The van der Waals surface area contributed by atoms with Crippen molar-refractivity contribution in [3.63, 3.8) is 0 Å².